The van der Waals surface area contributed by atoms with Crippen molar-refractivity contribution in [3.63, 3.8) is 0 Å². The summed E-state index contributed by atoms with van der Waals surface area (Å²) >= 11 is 0. The fraction of sp³-hybridized carbons (Fsp3) is 0.588. The molecule has 0 saturated heterocycles. The van der Waals surface area contributed by atoms with Gasteiger partial charge in [0, 0.05) is 6.54 Å². The molecule has 0 bridgehead atoms. The molecule has 1 fully saturated rings. The van der Waals surface area contributed by atoms with Crippen LogP contribution >= 0.6 is 12.4 Å². The number of halogens is 1. The fourth-order valence-corrected chi connectivity index (χ4v) is 2.68. The SMILES string of the molecule is Cc1ccc(OCCCNC(=O)C2(N)CCCCC2)cc1.Cl. The summed E-state index contributed by atoms with van der Waals surface area (Å²) in [5.74, 6) is 0.868. The molecule has 1 amide bonds. The minimum absolute atomic E-state index is 0. The molecule has 0 unspecified atom stereocenters. The first-order valence-corrected chi connectivity index (χ1v) is 7.87. The minimum Gasteiger partial charge on any atom is -0.494 e. The van der Waals surface area contributed by atoms with Gasteiger partial charge in [-0.1, -0.05) is 37.0 Å². The molecular weight excluding hydrogens is 300 g/mol. The Morgan fingerprint density at radius 2 is 1.86 bits per heavy atom. The lowest BCUT2D eigenvalue weighted by molar-refractivity contribution is -0.127. The minimum atomic E-state index is -0.643. The molecule has 0 aliphatic heterocycles. The molecule has 0 radical (unpaired) electrons. The number of hydrogen-bond acceptors (Lipinski definition) is 3. The van der Waals surface area contributed by atoms with Crippen LogP contribution < -0.4 is 15.8 Å². The lowest BCUT2D eigenvalue weighted by Gasteiger charge is -2.31. The zero-order valence-corrected chi connectivity index (χ0v) is 14.1. The number of hydrogen-bond donors (Lipinski definition) is 2. The van der Waals surface area contributed by atoms with Crippen molar-refractivity contribution >= 4 is 18.3 Å². The van der Waals surface area contributed by atoms with E-state index in [1.165, 1.54) is 12.0 Å². The van der Waals surface area contributed by atoms with Crippen LogP contribution in [0.3, 0.4) is 0 Å². The summed E-state index contributed by atoms with van der Waals surface area (Å²) in [5, 5.41) is 2.94. The van der Waals surface area contributed by atoms with E-state index >= 15 is 0 Å². The summed E-state index contributed by atoms with van der Waals surface area (Å²) < 4.78 is 5.63. The first-order chi connectivity index (χ1) is 10.1. The van der Waals surface area contributed by atoms with Crippen LogP contribution in [0.15, 0.2) is 24.3 Å². The van der Waals surface area contributed by atoms with Gasteiger partial charge in [-0.15, -0.1) is 12.4 Å². The highest BCUT2D eigenvalue weighted by Crippen LogP contribution is 2.25. The summed E-state index contributed by atoms with van der Waals surface area (Å²) in [6.07, 6.45) is 5.70. The predicted molar refractivity (Wildman–Crippen MR) is 91.6 cm³/mol. The molecule has 0 spiro atoms. The Morgan fingerprint density at radius 3 is 2.50 bits per heavy atom. The van der Waals surface area contributed by atoms with Gasteiger partial charge in [-0.25, -0.2) is 0 Å². The molecule has 0 aromatic heterocycles. The van der Waals surface area contributed by atoms with E-state index < -0.39 is 5.54 Å². The van der Waals surface area contributed by atoms with Crippen LogP contribution in [0.1, 0.15) is 44.1 Å². The molecule has 2 rings (SSSR count). The molecule has 1 aromatic carbocycles. The molecule has 5 heteroatoms. The molecule has 22 heavy (non-hydrogen) atoms. The highest BCUT2D eigenvalue weighted by molar-refractivity contribution is 5.86. The first-order valence-electron chi connectivity index (χ1n) is 7.87. The van der Waals surface area contributed by atoms with E-state index in [2.05, 4.69) is 5.32 Å². The Labute approximate surface area is 139 Å². The van der Waals surface area contributed by atoms with Crippen LogP contribution in [0.25, 0.3) is 0 Å². The largest absolute Gasteiger partial charge is 0.494 e. The maximum Gasteiger partial charge on any atom is 0.240 e. The lowest BCUT2D eigenvalue weighted by atomic mass is 9.82. The number of aryl methyl sites for hydroxylation is 1. The Hall–Kier alpha value is -1.26. The van der Waals surface area contributed by atoms with Gasteiger partial charge in [-0.2, -0.15) is 0 Å². The number of carbonyl (C=O) groups is 1. The van der Waals surface area contributed by atoms with Crippen LogP contribution in [0, 0.1) is 6.92 Å². The molecule has 1 saturated carbocycles. The number of nitrogens with one attached hydrogen (secondary N) is 1. The molecule has 1 aliphatic rings. The maximum atomic E-state index is 12.1. The van der Waals surface area contributed by atoms with E-state index in [4.69, 9.17) is 10.5 Å². The third-order valence-corrected chi connectivity index (χ3v) is 4.09. The third kappa shape index (κ3) is 5.50. The van der Waals surface area contributed by atoms with Crippen molar-refractivity contribution in [1.82, 2.24) is 5.32 Å². The standard InChI is InChI=1S/C17H26N2O2.ClH/c1-14-6-8-15(9-7-14)21-13-5-12-19-16(20)17(18)10-3-2-4-11-17;/h6-9H,2-5,10-13,18H2,1H3,(H,19,20);1H. The van der Waals surface area contributed by atoms with Crippen molar-refractivity contribution in [1.29, 1.82) is 0 Å². The molecular formula is C17H27ClN2O2. The molecule has 0 atom stereocenters. The van der Waals surface area contributed by atoms with Gasteiger partial charge in [-0.05, 0) is 38.3 Å². The zero-order chi connectivity index (χ0) is 15.1. The Balaban J connectivity index is 0.00000242. The molecule has 3 N–H and O–H groups in total. The smallest absolute Gasteiger partial charge is 0.240 e. The van der Waals surface area contributed by atoms with Crippen molar-refractivity contribution in [3.8, 4) is 5.75 Å². The number of benzene rings is 1. The number of ether oxygens (including phenoxy) is 1. The number of amides is 1. The van der Waals surface area contributed by atoms with E-state index in [-0.39, 0.29) is 18.3 Å². The molecule has 1 aliphatic carbocycles. The van der Waals surface area contributed by atoms with Gasteiger partial charge in [-0.3, -0.25) is 4.79 Å². The topological polar surface area (TPSA) is 64.3 Å². The number of nitrogens with two attached hydrogens (primary N) is 1. The van der Waals surface area contributed by atoms with E-state index in [1.807, 2.05) is 31.2 Å². The van der Waals surface area contributed by atoms with Gasteiger partial charge in [0.1, 0.15) is 5.75 Å². The van der Waals surface area contributed by atoms with Crippen LogP contribution in [0.5, 0.6) is 5.75 Å². The van der Waals surface area contributed by atoms with Gasteiger partial charge in [0.2, 0.25) is 5.91 Å². The van der Waals surface area contributed by atoms with Gasteiger partial charge in [0.05, 0.1) is 12.1 Å². The van der Waals surface area contributed by atoms with Gasteiger partial charge in [0.15, 0.2) is 0 Å². The highest BCUT2D eigenvalue weighted by Gasteiger charge is 2.34. The first kappa shape index (κ1) is 18.8. The van der Waals surface area contributed by atoms with Crippen molar-refractivity contribution in [2.75, 3.05) is 13.2 Å². The van der Waals surface area contributed by atoms with Crippen molar-refractivity contribution in [2.45, 2.75) is 51.0 Å². The molecule has 4 nitrogen and oxygen atoms in total. The van der Waals surface area contributed by atoms with E-state index in [0.29, 0.717) is 13.2 Å². The summed E-state index contributed by atoms with van der Waals surface area (Å²) in [6, 6.07) is 7.98. The lowest BCUT2D eigenvalue weighted by Crippen LogP contribution is -2.55. The van der Waals surface area contributed by atoms with Crippen molar-refractivity contribution in [2.24, 2.45) is 5.73 Å². The summed E-state index contributed by atoms with van der Waals surface area (Å²) in [6.45, 7) is 3.26. The monoisotopic (exact) mass is 326 g/mol. The van der Waals surface area contributed by atoms with Gasteiger partial charge in [0.25, 0.3) is 0 Å². The van der Waals surface area contributed by atoms with E-state index in [9.17, 15) is 4.79 Å². The van der Waals surface area contributed by atoms with Gasteiger partial charge < -0.3 is 15.8 Å². The summed E-state index contributed by atoms with van der Waals surface area (Å²) in [5.41, 5.74) is 6.75. The molecule has 0 heterocycles. The quantitative estimate of drug-likeness (QED) is 0.790. The van der Waals surface area contributed by atoms with Crippen LogP contribution in [-0.2, 0) is 4.79 Å². The number of carbonyl (C=O) groups excluding carboxylic acids is 1. The number of rotatable bonds is 6. The van der Waals surface area contributed by atoms with Crippen LogP contribution in [0.4, 0.5) is 0 Å². The Morgan fingerprint density at radius 1 is 1.23 bits per heavy atom. The highest BCUT2D eigenvalue weighted by atomic mass is 35.5. The predicted octanol–water partition coefficient (Wildman–Crippen LogP) is 2.96. The van der Waals surface area contributed by atoms with Gasteiger partial charge >= 0.3 is 0 Å². The zero-order valence-electron chi connectivity index (χ0n) is 13.3. The second-order valence-electron chi connectivity index (χ2n) is 5.99. The average Bonchev–Trinajstić information content (AvgIpc) is 2.49. The van der Waals surface area contributed by atoms with E-state index in [0.717, 1.165) is 37.9 Å². The normalized spacial score (nSPS) is 16.5. The second-order valence-corrected chi connectivity index (χ2v) is 5.99. The van der Waals surface area contributed by atoms with Crippen LogP contribution in [0.2, 0.25) is 0 Å². The third-order valence-electron chi connectivity index (χ3n) is 4.09. The molecule has 1 aromatic rings. The van der Waals surface area contributed by atoms with Crippen molar-refractivity contribution in [3.05, 3.63) is 29.8 Å². The maximum absolute atomic E-state index is 12.1. The fourth-order valence-electron chi connectivity index (χ4n) is 2.68. The van der Waals surface area contributed by atoms with E-state index in [1.54, 1.807) is 0 Å². The summed E-state index contributed by atoms with van der Waals surface area (Å²) in [7, 11) is 0. The Kier molecular flexibility index (Phi) is 7.69. The molecule has 124 valence electrons. The second kappa shape index (κ2) is 9.01. The van der Waals surface area contributed by atoms with Crippen LogP contribution in [-0.4, -0.2) is 24.6 Å². The average molecular weight is 327 g/mol. The van der Waals surface area contributed by atoms with Crippen molar-refractivity contribution < 1.29 is 9.53 Å². The Bertz CT molecular complexity index is 456. The summed E-state index contributed by atoms with van der Waals surface area (Å²) in [4.78, 5) is 12.1.